The van der Waals surface area contributed by atoms with E-state index in [1.54, 1.807) is 0 Å². The van der Waals surface area contributed by atoms with Crippen LogP contribution >= 0.6 is 0 Å². The SMILES string of the molecule is Cc1cn(C2OCC(O)C2O)c(=O)[nH]c1=O. The van der Waals surface area contributed by atoms with Crippen LogP contribution in [0.5, 0.6) is 0 Å². The molecule has 88 valence electrons. The highest BCUT2D eigenvalue weighted by atomic mass is 16.5. The number of aromatic nitrogens is 2. The molecule has 0 spiro atoms. The van der Waals surface area contributed by atoms with Crippen molar-refractivity contribution < 1.29 is 14.9 Å². The van der Waals surface area contributed by atoms with Gasteiger partial charge in [0.05, 0.1) is 6.61 Å². The second-order valence-corrected chi connectivity index (χ2v) is 3.76. The number of nitrogens with zero attached hydrogens (tertiary/aromatic N) is 1. The molecule has 7 nitrogen and oxygen atoms in total. The number of H-pyrrole nitrogens is 1. The lowest BCUT2D eigenvalue weighted by molar-refractivity contribution is -0.0213. The summed E-state index contributed by atoms with van der Waals surface area (Å²) < 4.78 is 6.15. The highest BCUT2D eigenvalue weighted by molar-refractivity contribution is 5.02. The monoisotopic (exact) mass is 228 g/mol. The van der Waals surface area contributed by atoms with Gasteiger partial charge in [0.15, 0.2) is 6.23 Å². The van der Waals surface area contributed by atoms with Crippen LogP contribution in [0.4, 0.5) is 0 Å². The highest BCUT2D eigenvalue weighted by Crippen LogP contribution is 2.22. The van der Waals surface area contributed by atoms with Crippen LogP contribution < -0.4 is 11.2 Å². The molecule has 0 amide bonds. The Kier molecular flexibility index (Phi) is 2.66. The topological polar surface area (TPSA) is 105 Å². The molecule has 0 saturated carbocycles. The molecule has 0 radical (unpaired) electrons. The Morgan fingerprint density at radius 2 is 2.19 bits per heavy atom. The average Bonchev–Trinajstić information content (AvgIpc) is 2.54. The van der Waals surface area contributed by atoms with E-state index < -0.39 is 29.7 Å². The van der Waals surface area contributed by atoms with Crippen LogP contribution in [-0.4, -0.2) is 38.6 Å². The number of nitrogens with one attached hydrogen (secondary N) is 1. The van der Waals surface area contributed by atoms with Gasteiger partial charge in [-0.1, -0.05) is 0 Å². The van der Waals surface area contributed by atoms with Crippen molar-refractivity contribution in [3.8, 4) is 0 Å². The zero-order valence-electron chi connectivity index (χ0n) is 8.58. The lowest BCUT2D eigenvalue weighted by Crippen LogP contribution is -2.38. The molecule has 3 N–H and O–H groups in total. The van der Waals surface area contributed by atoms with Gasteiger partial charge in [-0.05, 0) is 6.92 Å². The Hall–Kier alpha value is -1.44. The van der Waals surface area contributed by atoms with Crippen LogP contribution in [0.1, 0.15) is 11.8 Å². The summed E-state index contributed by atoms with van der Waals surface area (Å²) in [5, 5.41) is 18.9. The molecule has 2 heterocycles. The van der Waals surface area contributed by atoms with Gasteiger partial charge in [0, 0.05) is 11.8 Å². The summed E-state index contributed by atoms with van der Waals surface area (Å²) in [5.74, 6) is 0. The second-order valence-electron chi connectivity index (χ2n) is 3.76. The summed E-state index contributed by atoms with van der Waals surface area (Å²) >= 11 is 0. The van der Waals surface area contributed by atoms with Gasteiger partial charge < -0.3 is 14.9 Å². The van der Waals surface area contributed by atoms with Crippen molar-refractivity contribution in [1.82, 2.24) is 9.55 Å². The van der Waals surface area contributed by atoms with Gasteiger partial charge in [-0.15, -0.1) is 0 Å². The van der Waals surface area contributed by atoms with E-state index in [0.717, 1.165) is 4.57 Å². The number of hydrogen-bond acceptors (Lipinski definition) is 5. The zero-order valence-corrected chi connectivity index (χ0v) is 8.58. The van der Waals surface area contributed by atoms with Gasteiger partial charge in [0.1, 0.15) is 12.2 Å². The molecule has 1 fully saturated rings. The Morgan fingerprint density at radius 3 is 2.75 bits per heavy atom. The summed E-state index contributed by atoms with van der Waals surface area (Å²) in [4.78, 5) is 24.7. The summed E-state index contributed by atoms with van der Waals surface area (Å²) in [5.41, 5.74) is -0.820. The first-order valence-corrected chi connectivity index (χ1v) is 4.80. The van der Waals surface area contributed by atoms with Crippen molar-refractivity contribution in [2.75, 3.05) is 6.61 Å². The molecule has 1 aromatic rings. The smallest absolute Gasteiger partial charge is 0.330 e. The number of aliphatic hydroxyl groups excluding tert-OH is 2. The largest absolute Gasteiger partial charge is 0.388 e. The molecule has 3 unspecified atom stereocenters. The maximum Gasteiger partial charge on any atom is 0.330 e. The van der Waals surface area contributed by atoms with E-state index >= 15 is 0 Å². The van der Waals surface area contributed by atoms with Gasteiger partial charge >= 0.3 is 5.69 Å². The number of aromatic amines is 1. The van der Waals surface area contributed by atoms with Crippen LogP contribution in [-0.2, 0) is 4.74 Å². The van der Waals surface area contributed by atoms with Crippen LogP contribution in [0.2, 0.25) is 0 Å². The molecular formula is C9H12N2O5. The number of aliphatic hydroxyl groups is 2. The van der Waals surface area contributed by atoms with E-state index in [1.807, 2.05) is 0 Å². The molecule has 0 bridgehead atoms. The zero-order chi connectivity index (χ0) is 11.9. The lowest BCUT2D eigenvalue weighted by Gasteiger charge is -2.17. The van der Waals surface area contributed by atoms with E-state index in [2.05, 4.69) is 4.98 Å². The standard InChI is InChI=1S/C9H12N2O5/c1-4-2-11(9(15)10-7(4)14)8-6(13)5(12)3-16-8/h2,5-6,8,12-13H,3H2,1H3,(H,10,14,15). The first-order valence-electron chi connectivity index (χ1n) is 4.80. The average molecular weight is 228 g/mol. The Labute approximate surface area is 89.9 Å². The highest BCUT2D eigenvalue weighted by Gasteiger charge is 2.36. The van der Waals surface area contributed by atoms with Gasteiger partial charge in [0.2, 0.25) is 0 Å². The minimum atomic E-state index is -1.18. The molecule has 3 atom stereocenters. The van der Waals surface area contributed by atoms with Crippen LogP contribution in [0.3, 0.4) is 0 Å². The molecule has 0 aliphatic carbocycles. The fourth-order valence-corrected chi connectivity index (χ4v) is 1.60. The Balaban J connectivity index is 2.45. The molecule has 1 aliphatic heterocycles. The van der Waals surface area contributed by atoms with Gasteiger partial charge in [0.25, 0.3) is 5.56 Å². The summed E-state index contributed by atoms with van der Waals surface area (Å²) in [7, 11) is 0. The molecule has 0 aromatic carbocycles. The van der Waals surface area contributed by atoms with E-state index in [4.69, 9.17) is 4.74 Å². The van der Waals surface area contributed by atoms with Crippen molar-refractivity contribution in [3.05, 3.63) is 32.6 Å². The van der Waals surface area contributed by atoms with Gasteiger partial charge in [-0.3, -0.25) is 14.3 Å². The van der Waals surface area contributed by atoms with Crippen LogP contribution in [0.25, 0.3) is 0 Å². The Bertz CT molecular complexity index is 505. The minimum Gasteiger partial charge on any atom is -0.388 e. The van der Waals surface area contributed by atoms with Gasteiger partial charge in [-0.25, -0.2) is 4.79 Å². The molecule has 16 heavy (non-hydrogen) atoms. The van der Waals surface area contributed by atoms with Crippen molar-refractivity contribution >= 4 is 0 Å². The van der Waals surface area contributed by atoms with Crippen molar-refractivity contribution in [1.29, 1.82) is 0 Å². The maximum absolute atomic E-state index is 11.5. The second kappa shape index (κ2) is 3.85. The molecule has 1 aromatic heterocycles. The maximum atomic E-state index is 11.5. The predicted octanol–water partition coefficient (Wildman–Crippen LogP) is -1.90. The first kappa shape index (κ1) is 11.1. The van der Waals surface area contributed by atoms with Crippen molar-refractivity contribution in [2.45, 2.75) is 25.4 Å². The Morgan fingerprint density at radius 1 is 1.50 bits per heavy atom. The number of hydrogen-bond donors (Lipinski definition) is 3. The first-order chi connectivity index (χ1) is 7.50. The third-order valence-electron chi connectivity index (χ3n) is 2.54. The molecule has 1 aliphatic rings. The number of rotatable bonds is 1. The summed E-state index contributed by atoms with van der Waals surface area (Å²) in [6, 6.07) is 0. The normalized spacial score (nSPS) is 29.6. The lowest BCUT2D eigenvalue weighted by atomic mass is 10.2. The fourth-order valence-electron chi connectivity index (χ4n) is 1.60. The number of ether oxygens (including phenoxy) is 1. The quantitative estimate of drug-likeness (QED) is 0.520. The minimum absolute atomic E-state index is 0.0452. The van der Waals surface area contributed by atoms with E-state index in [1.165, 1.54) is 13.1 Å². The fraction of sp³-hybridized carbons (Fsp3) is 0.556. The molecule has 2 rings (SSSR count). The van der Waals surface area contributed by atoms with E-state index in [-0.39, 0.29) is 6.61 Å². The number of aryl methyl sites for hydroxylation is 1. The molecule has 1 saturated heterocycles. The van der Waals surface area contributed by atoms with Crippen LogP contribution in [0.15, 0.2) is 15.8 Å². The van der Waals surface area contributed by atoms with Crippen molar-refractivity contribution in [2.24, 2.45) is 0 Å². The summed E-state index contributed by atoms with van der Waals surface area (Å²) in [6.07, 6.45) is -1.86. The van der Waals surface area contributed by atoms with E-state index in [9.17, 15) is 19.8 Å². The third-order valence-corrected chi connectivity index (χ3v) is 2.54. The predicted molar refractivity (Wildman–Crippen MR) is 53.1 cm³/mol. The third kappa shape index (κ3) is 1.69. The van der Waals surface area contributed by atoms with Gasteiger partial charge in [-0.2, -0.15) is 0 Å². The van der Waals surface area contributed by atoms with Crippen molar-refractivity contribution in [3.63, 3.8) is 0 Å². The molecule has 7 heteroatoms. The van der Waals surface area contributed by atoms with Crippen LogP contribution in [0, 0.1) is 6.92 Å². The molecular weight excluding hydrogens is 216 g/mol. The summed E-state index contributed by atoms with van der Waals surface area (Å²) in [6.45, 7) is 1.49. The van der Waals surface area contributed by atoms with E-state index in [0.29, 0.717) is 5.56 Å².